The smallest absolute Gasteiger partial charge is 0.337 e. The molecule has 1 rings (SSSR count). The second kappa shape index (κ2) is 5.57. The zero-order valence-corrected chi connectivity index (χ0v) is 12.1. The number of ether oxygens (including phenoxy) is 1. The van der Waals surface area contributed by atoms with Gasteiger partial charge in [0.2, 0.25) is 10.0 Å². The first-order valence-electron chi connectivity index (χ1n) is 4.92. The van der Waals surface area contributed by atoms with Crippen molar-refractivity contribution in [3.05, 3.63) is 22.2 Å². The Hall–Kier alpha value is -1.28. The lowest BCUT2D eigenvalue weighted by molar-refractivity contribution is 0.0697. The van der Waals surface area contributed by atoms with E-state index in [2.05, 4.69) is 20.7 Å². The minimum Gasteiger partial charge on any atom is -0.490 e. The highest BCUT2D eigenvalue weighted by molar-refractivity contribution is 9.10. The lowest BCUT2D eigenvalue weighted by Crippen LogP contribution is -2.15. The Labute approximate surface area is 113 Å². The summed E-state index contributed by atoms with van der Waals surface area (Å²) in [6, 6.07) is 2.78. The van der Waals surface area contributed by atoms with Crippen molar-refractivity contribution in [2.75, 3.05) is 17.6 Å². The van der Waals surface area contributed by atoms with E-state index in [1.807, 2.05) is 0 Å². The molecular formula is C10H12BrNO5S. The van der Waals surface area contributed by atoms with E-state index in [0.717, 1.165) is 6.26 Å². The van der Waals surface area contributed by atoms with Crippen LogP contribution in [0.15, 0.2) is 16.6 Å². The number of carboxylic acid groups (broad SMARTS) is 1. The van der Waals surface area contributed by atoms with Crippen molar-refractivity contribution in [2.24, 2.45) is 0 Å². The zero-order chi connectivity index (χ0) is 13.9. The lowest BCUT2D eigenvalue weighted by Gasteiger charge is -2.15. The Balaban J connectivity index is 3.47. The lowest BCUT2D eigenvalue weighted by atomic mass is 10.1. The predicted octanol–water partition coefficient (Wildman–Crippen LogP) is 1.92. The Morgan fingerprint density at radius 1 is 1.50 bits per heavy atom. The van der Waals surface area contributed by atoms with E-state index in [0.29, 0.717) is 4.47 Å². The van der Waals surface area contributed by atoms with Gasteiger partial charge >= 0.3 is 5.97 Å². The van der Waals surface area contributed by atoms with E-state index >= 15 is 0 Å². The summed E-state index contributed by atoms with van der Waals surface area (Å²) in [5, 5.41) is 9.04. The number of hydrogen-bond donors (Lipinski definition) is 2. The molecule has 2 N–H and O–H groups in total. The van der Waals surface area contributed by atoms with Crippen molar-refractivity contribution in [1.29, 1.82) is 0 Å². The molecule has 0 amide bonds. The number of carboxylic acids is 1. The quantitative estimate of drug-likeness (QED) is 0.856. The third-order valence-corrected chi connectivity index (χ3v) is 3.12. The maximum absolute atomic E-state index is 11.3. The van der Waals surface area contributed by atoms with Crippen LogP contribution in [0.4, 0.5) is 5.69 Å². The molecule has 0 radical (unpaired) electrons. The van der Waals surface area contributed by atoms with E-state index in [1.54, 1.807) is 6.92 Å². The summed E-state index contributed by atoms with van der Waals surface area (Å²) >= 11 is 3.19. The maximum atomic E-state index is 11.3. The average molecular weight is 338 g/mol. The van der Waals surface area contributed by atoms with Crippen LogP contribution in [0.1, 0.15) is 17.3 Å². The van der Waals surface area contributed by atoms with E-state index < -0.39 is 16.0 Å². The number of rotatable bonds is 5. The number of benzene rings is 1. The Kier molecular flexibility index (Phi) is 4.58. The summed E-state index contributed by atoms with van der Waals surface area (Å²) < 4.78 is 30.4. The SMILES string of the molecule is CCOc1c(Br)ccc(C(=O)O)c1NS(C)(=O)=O. The van der Waals surface area contributed by atoms with Gasteiger partial charge in [0.05, 0.1) is 22.9 Å². The standard InChI is InChI=1S/C10H12BrNO5S/c1-3-17-9-7(11)5-4-6(10(13)14)8(9)12-18(2,15)16/h4-5,12H,3H2,1-2H3,(H,13,14). The third kappa shape index (κ3) is 3.61. The Morgan fingerprint density at radius 2 is 2.11 bits per heavy atom. The number of nitrogens with one attached hydrogen (secondary N) is 1. The predicted molar refractivity (Wildman–Crippen MR) is 70.7 cm³/mol. The van der Waals surface area contributed by atoms with E-state index in [4.69, 9.17) is 9.84 Å². The average Bonchev–Trinajstić information content (AvgIpc) is 2.21. The monoisotopic (exact) mass is 337 g/mol. The fraction of sp³-hybridized carbons (Fsp3) is 0.300. The minimum atomic E-state index is -3.60. The first-order chi connectivity index (χ1) is 8.26. The van der Waals surface area contributed by atoms with Crippen LogP contribution in [0.3, 0.4) is 0 Å². The van der Waals surface area contributed by atoms with Gasteiger partial charge in [-0.2, -0.15) is 0 Å². The maximum Gasteiger partial charge on any atom is 0.337 e. The number of sulfonamides is 1. The van der Waals surface area contributed by atoms with Gasteiger partial charge in [-0.05, 0) is 35.0 Å². The molecular weight excluding hydrogens is 326 g/mol. The van der Waals surface area contributed by atoms with Crippen molar-refractivity contribution >= 4 is 37.6 Å². The number of halogens is 1. The van der Waals surface area contributed by atoms with Crippen LogP contribution in [0.2, 0.25) is 0 Å². The zero-order valence-electron chi connectivity index (χ0n) is 9.73. The summed E-state index contributed by atoms with van der Waals surface area (Å²) in [5.74, 6) is -1.09. The number of hydrogen-bond acceptors (Lipinski definition) is 4. The molecule has 0 fully saturated rings. The molecule has 0 spiro atoms. The highest BCUT2D eigenvalue weighted by atomic mass is 79.9. The van der Waals surface area contributed by atoms with Crippen LogP contribution in [0.25, 0.3) is 0 Å². The van der Waals surface area contributed by atoms with Crippen molar-refractivity contribution in [3.8, 4) is 5.75 Å². The number of carbonyl (C=O) groups is 1. The summed E-state index contributed by atoms with van der Waals surface area (Å²) in [6.07, 6.45) is 0.940. The fourth-order valence-electron chi connectivity index (χ4n) is 1.31. The molecule has 0 aromatic heterocycles. The topological polar surface area (TPSA) is 92.7 Å². The largest absolute Gasteiger partial charge is 0.490 e. The highest BCUT2D eigenvalue weighted by Gasteiger charge is 2.20. The molecule has 0 aliphatic carbocycles. The van der Waals surface area contributed by atoms with E-state index in [-0.39, 0.29) is 23.6 Å². The molecule has 0 unspecified atom stereocenters. The van der Waals surface area contributed by atoms with Crippen LogP contribution in [0, 0.1) is 0 Å². The molecule has 0 bridgehead atoms. The summed E-state index contributed by atoms with van der Waals surface area (Å²) in [5.41, 5.74) is -0.256. The van der Waals surface area contributed by atoms with Crippen molar-refractivity contribution < 1.29 is 23.1 Å². The molecule has 8 heteroatoms. The van der Waals surface area contributed by atoms with Gasteiger partial charge in [-0.3, -0.25) is 4.72 Å². The molecule has 0 atom stereocenters. The van der Waals surface area contributed by atoms with Crippen molar-refractivity contribution in [1.82, 2.24) is 0 Å². The summed E-state index contributed by atoms with van der Waals surface area (Å²) in [7, 11) is -3.60. The second-order valence-electron chi connectivity index (χ2n) is 3.41. The highest BCUT2D eigenvalue weighted by Crippen LogP contribution is 2.37. The Bertz CT molecular complexity index is 570. The van der Waals surface area contributed by atoms with Crippen molar-refractivity contribution in [3.63, 3.8) is 0 Å². The van der Waals surface area contributed by atoms with Crippen LogP contribution >= 0.6 is 15.9 Å². The number of aromatic carboxylic acids is 1. The normalized spacial score (nSPS) is 11.1. The molecule has 1 aromatic rings. The van der Waals surface area contributed by atoms with E-state index in [1.165, 1.54) is 12.1 Å². The van der Waals surface area contributed by atoms with Crippen LogP contribution in [-0.2, 0) is 10.0 Å². The molecule has 0 aliphatic heterocycles. The summed E-state index contributed by atoms with van der Waals surface area (Å²) in [4.78, 5) is 11.1. The van der Waals surface area contributed by atoms with Crippen LogP contribution in [0.5, 0.6) is 5.75 Å². The van der Waals surface area contributed by atoms with Gasteiger partial charge in [-0.25, -0.2) is 13.2 Å². The van der Waals surface area contributed by atoms with Gasteiger partial charge in [0.25, 0.3) is 0 Å². The van der Waals surface area contributed by atoms with E-state index in [9.17, 15) is 13.2 Å². The van der Waals surface area contributed by atoms with Gasteiger partial charge in [0.15, 0.2) is 5.75 Å². The van der Waals surface area contributed by atoms with Gasteiger partial charge in [0.1, 0.15) is 5.69 Å². The third-order valence-electron chi connectivity index (χ3n) is 1.92. The molecule has 0 aliphatic rings. The van der Waals surface area contributed by atoms with Crippen molar-refractivity contribution in [2.45, 2.75) is 6.92 Å². The first-order valence-corrected chi connectivity index (χ1v) is 7.61. The van der Waals surface area contributed by atoms with Gasteiger partial charge in [-0.15, -0.1) is 0 Å². The molecule has 0 heterocycles. The molecule has 18 heavy (non-hydrogen) atoms. The molecule has 0 saturated carbocycles. The van der Waals surface area contributed by atoms with Gasteiger partial charge in [-0.1, -0.05) is 0 Å². The first kappa shape index (κ1) is 14.8. The fourth-order valence-corrected chi connectivity index (χ4v) is 2.33. The molecule has 1 aromatic carbocycles. The number of anilines is 1. The Morgan fingerprint density at radius 3 is 2.56 bits per heavy atom. The van der Waals surface area contributed by atoms with Crippen LogP contribution < -0.4 is 9.46 Å². The minimum absolute atomic E-state index is 0.0822. The molecule has 6 nitrogen and oxygen atoms in total. The summed E-state index contributed by atoms with van der Waals surface area (Å²) in [6.45, 7) is 1.99. The molecule has 100 valence electrons. The van der Waals surface area contributed by atoms with Crippen LogP contribution in [-0.4, -0.2) is 32.4 Å². The van der Waals surface area contributed by atoms with Gasteiger partial charge < -0.3 is 9.84 Å². The molecule has 0 saturated heterocycles. The second-order valence-corrected chi connectivity index (χ2v) is 6.01. The van der Waals surface area contributed by atoms with Gasteiger partial charge in [0, 0.05) is 0 Å².